The first-order chi connectivity index (χ1) is 16.6. The summed E-state index contributed by atoms with van der Waals surface area (Å²) in [5.41, 5.74) is 0.746. The van der Waals surface area contributed by atoms with Crippen LogP contribution in [0.3, 0.4) is 0 Å². The van der Waals surface area contributed by atoms with Gasteiger partial charge in [0, 0.05) is 30.6 Å². The van der Waals surface area contributed by atoms with Crippen LogP contribution in [-0.2, 0) is 22.5 Å². The number of carbonyl (C=O) groups is 2. The summed E-state index contributed by atoms with van der Waals surface area (Å²) in [6, 6.07) is 6.14. The molecule has 1 aliphatic rings. The van der Waals surface area contributed by atoms with Gasteiger partial charge in [0.2, 0.25) is 11.6 Å². The Morgan fingerprint density at radius 2 is 1.94 bits per heavy atom. The molecule has 0 N–H and O–H groups in total. The summed E-state index contributed by atoms with van der Waals surface area (Å²) >= 11 is 0. The van der Waals surface area contributed by atoms with Gasteiger partial charge < -0.3 is 14.2 Å². The van der Waals surface area contributed by atoms with Gasteiger partial charge in [-0.1, -0.05) is 18.1 Å². The number of halogens is 1. The van der Waals surface area contributed by atoms with Crippen molar-refractivity contribution in [3.63, 3.8) is 0 Å². The molecule has 2 aromatic heterocycles. The molecule has 0 radical (unpaired) electrons. The molecule has 0 aliphatic carbocycles. The number of carbonyl (C=O) groups excluding carboxylic acids is 2. The maximum atomic E-state index is 13.7. The van der Waals surface area contributed by atoms with Crippen LogP contribution in [0.15, 0.2) is 28.8 Å². The summed E-state index contributed by atoms with van der Waals surface area (Å²) in [6.07, 6.45) is 1.94. The maximum absolute atomic E-state index is 13.7. The average Bonchev–Trinajstić information content (AvgIpc) is 3.47. The lowest BCUT2D eigenvalue weighted by molar-refractivity contribution is -0.156. The van der Waals surface area contributed by atoms with Crippen molar-refractivity contribution in [1.82, 2.24) is 25.4 Å². The van der Waals surface area contributed by atoms with Crippen molar-refractivity contribution < 1.29 is 23.2 Å². The van der Waals surface area contributed by atoms with Gasteiger partial charge in [0.15, 0.2) is 18.1 Å². The lowest BCUT2D eigenvalue weighted by atomic mass is 9.86. The third kappa shape index (κ3) is 5.90. The highest BCUT2D eigenvalue weighted by Gasteiger charge is 2.29. The van der Waals surface area contributed by atoms with E-state index in [1.807, 2.05) is 11.8 Å². The Labute approximate surface area is 202 Å². The highest BCUT2D eigenvalue weighted by atomic mass is 19.1. The van der Waals surface area contributed by atoms with E-state index in [2.05, 4.69) is 20.6 Å². The Morgan fingerprint density at radius 1 is 1.20 bits per heavy atom. The monoisotopic (exact) mass is 484 g/mol. The lowest BCUT2D eigenvalue weighted by Gasteiger charge is -2.31. The Kier molecular flexibility index (Phi) is 6.95. The zero-order valence-corrected chi connectivity index (χ0v) is 20.3. The van der Waals surface area contributed by atoms with Crippen LogP contribution in [0.5, 0.6) is 0 Å². The Balaban J connectivity index is 1.36. The van der Waals surface area contributed by atoms with E-state index in [1.54, 1.807) is 32.9 Å². The SMILES string of the molecule is CCc1ccc(F)cc1C(=O)C1CCN(c2cc(-c3nnn(CC(=O)OC(C)(C)C)n3)on2)CC1. The zero-order valence-electron chi connectivity index (χ0n) is 20.3. The summed E-state index contributed by atoms with van der Waals surface area (Å²) in [5, 5.41) is 16.1. The minimum Gasteiger partial charge on any atom is -0.459 e. The van der Waals surface area contributed by atoms with E-state index in [4.69, 9.17) is 9.26 Å². The van der Waals surface area contributed by atoms with E-state index in [9.17, 15) is 14.0 Å². The standard InChI is InChI=1S/C24H29FN6O4/c1-5-15-6-7-17(25)12-18(15)22(33)16-8-10-30(11-9-16)20-13-19(35-28-20)23-26-29-31(27-23)14-21(32)34-24(2,3)4/h6-7,12-13,16H,5,8-11,14H2,1-4H3. The fourth-order valence-electron chi connectivity index (χ4n) is 4.10. The molecule has 3 aromatic rings. The van der Waals surface area contributed by atoms with Gasteiger partial charge in [-0.25, -0.2) is 9.18 Å². The van der Waals surface area contributed by atoms with E-state index in [0.29, 0.717) is 49.5 Å². The molecule has 3 heterocycles. The summed E-state index contributed by atoms with van der Waals surface area (Å²) in [7, 11) is 0. The maximum Gasteiger partial charge on any atom is 0.330 e. The summed E-state index contributed by atoms with van der Waals surface area (Å²) in [4.78, 5) is 28.2. The number of esters is 1. The van der Waals surface area contributed by atoms with Crippen LogP contribution in [0.2, 0.25) is 0 Å². The number of ketones is 1. The molecule has 0 unspecified atom stereocenters. The number of nitrogens with zero attached hydrogens (tertiary/aromatic N) is 6. The number of anilines is 1. The van der Waals surface area contributed by atoms with Crippen LogP contribution in [0.4, 0.5) is 10.2 Å². The van der Waals surface area contributed by atoms with Crippen molar-refractivity contribution in [1.29, 1.82) is 0 Å². The molecular weight excluding hydrogens is 455 g/mol. The molecule has 10 nitrogen and oxygen atoms in total. The van der Waals surface area contributed by atoms with E-state index in [0.717, 1.165) is 10.4 Å². The van der Waals surface area contributed by atoms with Crippen molar-refractivity contribution in [3.05, 3.63) is 41.2 Å². The van der Waals surface area contributed by atoms with Crippen molar-refractivity contribution in [2.75, 3.05) is 18.0 Å². The minimum absolute atomic E-state index is 0.00681. The molecular formula is C24H29FN6O4. The number of hydrogen-bond donors (Lipinski definition) is 0. The molecule has 0 bridgehead atoms. The largest absolute Gasteiger partial charge is 0.459 e. The van der Waals surface area contributed by atoms with Gasteiger partial charge in [0.25, 0.3) is 0 Å². The number of Topliss-reactive ketones (excluding diaryl/α,β-unsaturated/α-hetero) is 1. The second-order valence-electron chi connectivity index (χ2n) is 9.56. The van der Waals surface area contributed by atoms with E-state index in [1.165, 1.54) is 12.1 Å². The number of hydrogen-bond acceptors (Lipinski definition) is 9. The molecule has 186 valence electrons. The third-order valence-electron chi connectivity index (χ3n) is 5.77. The first kappa shape index (κ1) is 24.5. The predicted octanol–water partition coefficient (Wildman–Crippen LogP) is 3.47. The molecule has 0 spiro atoms. The third-order valence-corrected chi connectivity index (χ3v) is 5.77. The van der Waals surface area contributed by atoms with Crippen molar-refractivity contribution >= 4 is 17.6 Å². The van der Waals surface area contributed by atoms with E-state index in [-0.39, 0.29) is 24.1 Å². The molecule has 1 aliphatic heterocycles. The van der Waals surface area contributed by atoms with Gasteiger partial charge in [0.1, 0.15) is 11.4 Å². The van der Waals surface area contributed by atoms with Gasteiger partial charge in [0.05, 0.1) is 0 Å². The van der Waals surface area contributed by atoms with Crippen LogP contribution in [0.25, 0.3) is 11.6 Å². The first-order valence-corrected chi connectivity index (χ1v) is 11.7. The smallest absolute Gasteiger partial charge is 0.330 e. The molecule has 0 atom stereocenters. The fourth-order valence-corrected chi connectivity index (χ4v) is 4.10. The first-order valence-electron chi connectivity index (χ1n) is 11.7. The number of rotatable bonds is 7. The van der Waals surface area contributed by atoms with Gasteiger partial charge in [-0.2, -0.15) is 4.80 Å². The normalized spacial score (nSPS) is 14.8. The topological polar surface area (TPSA) is 116 Å². The Morgan fingerprint density at radius 3 is 2.63 bits per heavy atom. The van der Waals surface area contributed by atoms with Gasteiger partial charge in [-0.3, -0.25) is 4.79 Å². The molecule has 0 amide bonds. The molecule has 35 heavy (non-hydrogen) atoms. The van der Waals surface area contributed by atoms with Crippen LogP contribution < -0.4 is 4.90 Å². The molecule has 4 rings (SSSR count). The predicted molar refractivity (Wildman–Crippen MR) is 124 cm³/mol. The second kappa shape index (κ2) is 9.93. The van der Waals surface area contributed by atoms with Crippen molar-refractivity contribution in [2.24, 2.45) is 5.92 Å². The summed E-state index contributed by atoms with van der Waals surface area (Å²) < 4.78 is 24.4. The number of ether oxygens (including phenoxy) is 1. The van der Waals surface area contributed by atoms with Crippen LogP contribution in [-0.4, -0.2) is 55.8 Å². The Hall–Kier alpha value is -3.63. The number of tetrazole rings is 1. The fraction of sp³-hybridized carbons (Fsp3) is 0.500. The number of benzene rings is 1. The minimum atomic E-state index is -0.603. The molecule has 0 saturated carbocycles. The van der Waals surface area contributed by atoms with Gasteiger partial charge in [-0.05, 0) is 62.9 Å². The van der Waals surface area contributed by atoms with Crippen LogP contribution in [0.1, 0.15) is 56.5 Å². The number of piperidine rings is 1. The second-order valence-corrected chi connectivity index (χ2v) is 9.56. The van der Waals surface area contributed by atoms with E-state index < -0.39 is 17.4 Å². The molecule has 1 saturated heterocycles. The summed E-state index contributed by atoms with van der Waals surface area (Å²) in [6.45, 7) is 8.35. The van der Waals surface area contributed by atoms with Crippen molar-refractivity contribution in [2.45, 2.75) is 59.1 Å². The van der Waals surface area contributed by atoms with Gasteiger partial charge in [-0.15, -0.1) is 10.2 Å². The molecule has 11 heteroatoms. The average molecular weight is 485 g/mol. The van der Waals surface area contributed by atoms with Gasteiger partial charge >= 0.3 is 5.97 Å². The van der Waals surface area contributed by atoms with Crippen LogP contribution in [0, 0.1) is 11.7 Å². The number of aryl methyl sites for hydroxylation is 1. The Bertz CT molecular complexity index is 1210. The molecule has 1 aromatic carbocycles. The highest BCUT2D eigenvalue weighted by molar-refractivity contribution is 5.99. The van der Waals surface area contributed by atoms with Crippen LogP contribution >= 0.6 is 0 Å². The van der Waals surface area contributed by atoms with Crippen molar-refractivity contribution in [3.8, 4) is 11.6 Å². The lowest BCUT2D eigenvalue weighted by Crippen LogP contribution is -2.36. The highest BCUT2D eigenvalue weighted by Crippen LogP contribution is 2.28. The zero-order chi connectivity index (χ0) is 25.2. The quantitative estimate of drug-likeness (QED) is 0.367. The van der Waals surface area contributed by atoms with E-state index >= 15 is 0 Å². The summed E-state index contributed by atoms with van der Waals surface area (Å²) in [5.74, 6) is 0.0916. The molecule has 1 fully saturated rings. The number of aromatic nitrogens is 5.